The summed E-state index contributed by atoms with van der Waals surface area (Å²) in [5.74, 6) is -3.11. The summed E-state index contributed by atoms with van der Waals surface area (Å²) >= 11 is 0. The van der Waals surface area contributed by atoms with E-state index in [0.29, 0.717) is 19.3 Å². The van der Waals surface area contributed by atoms with Crippen molar-refractivity contribution < 1.29 is 24.3 Å². The van der Waals surface area contributed by atoms with Crippen molar-refractivity contribution in [3.63, 3.8) is 0 Å². The van der Waals surface area contributed by atoms with E-state index < -0.39 is 41.8 Å². The quantitative estimate of drug-likeness (QED) is 0.0882. The first kappa shape index (κ1) is 29.1. The molecule has 0 radical (unpaired) electrons. The summed E-state index contributed by atoms with van der Waals surface area (Å²) in [4.78, 5) is 52.8. The fourth-order valence-electron chi connectivity index (χ4n) is 2.93. The largest absolute Gasteiger partial charge is 0.480 e. The van der Waals surface area contributed by atoms with Crippen molar-refractivity contribution in [2.45, 2.75) is 71.5 Å². The van der Waals surface area contributed by atoms with Gasteiger partial charge >= 0.3 is 5.97 Å². The SMILES string of the molecule is CCC(C)C(NC(=O)C(CC(C)C)NC(=O)CN)C(=O)NC(CCCN=C(N)N)C(=O)O. The maximum absolute atomic E-state index is 12.9. The normalized spacial score (nSPS) is 14.6. The lowest BCUT2D eigenvalue weighted by Gasteiger charge is -2.28. The lowest BCUT2D eigenvalue weighted by Crippen LogP contribution is -2.58. The third-order valence-electron chi connectivity index (χ3n) is 4.90. The highest BCUT2D eigenvalue weighted by atomic mass is 16.4. The molecule has 0 aliphatic heterocycles. The van der Waals surface area contributed by atoms with E-state index in [0.717, 1.165) is 0 Å². The smallest absolute Gasteiger partial charge is 0.326 e. The van der Waals surface area contributed by atoms with Gasteiger partial charge in [0.15, 0.2) is 5.96 Å². The van der Waals surface area contributed by atoms with Crippen LogP contribution < -0.4 is 33.2 Å². The number of carbonyl (C=O) groups excluding carboxylic acids is 3. The highest BCUT2D eigenvalue weighted by Crippen LogP contribution is 2.12. The minimum absolute atomic E-state index is 0.0984. The minimum Gasteiger partial charge on any atom is -0.480 e. The molecule has 0 aromatic heterocycles. The number of carboxylic acids is 1. The van der Waals surface area contributed by atoms with Crippen molar-refractivity contribution in [2.75, 3.05) is 13.1 Å². The number of rotatable bonds is 15. The van der Waals surface area contributed by atoms with Crippen LogP contribution in [0.25, 0.3) is 0 Å². The van der Waals surface area contributed by atoms with E-state index in [9.17, 15) is 24.3 Å². The van der Waals surface area contributed by atoms with Gasteiger partial charge in [0.25, 0.3) is 0 Å². The minimum atomic E-state index is -1.20. The number of carboxylic acid groups (broad SMARTS) is 1. The van der Waals surface area contributed by atoms with Gasteiger partial charge in [-0.3, -0.25) is 19.4 Å². The van der Waals surface area contributed by atoms with Crippen LogP contribution in [0.5, 0.6) is 0 Å². The third kappa shape index (κ3) is 11.5. The molecule has 0 aliphatic carbocycles. The standard InChI is InChI=1S/C20H39N7O5/c1-5-12(4)16(27-17(29)14(9-11(2)3)25-15(28)10-21)18(30)26-13(19(31)32)7-6-8-24-20(22)23/h11-14,16H,5-10,21H2,1-4H3,(H,25,28)(H,26,30)(H,27,29)(H,31,32)(H4,22,23,24). The number of hydrogen-bond acceptors (Lipinski definition) is 6. The number of hydrogen-bond donors (Lipinski definition) is 7. The van der Waals surface area contributed by atoms with Crippen LogP contribution in [-0.2, 0) is 19.2 Å². The molecule has 4 unspecified atom stereocenters. The van der Waals surface area contributed by atoms with Crippen LogP contribution in [0.4, 0.5) is 0 Å². The summed E-state index contributed by atoms with van der Waals surface area (Å²) in [6.07, 6.45) is 1.37. The van der Waals surface area contributed by atoms with Gasteiger partial charge in [-0.25, -0.2) is 4.79 Å². The van der Waals surface area contributed by atoms with Crippen LogP contribution >= 0.6 is 0 Å². The summed E-state index contributed by atoms with van der Waals surface area (Å²) in [5.41, 5.74) is 15.8. The molecule has 0 aromatic rings. The summed E-state index contributed by atoms with van der Waals surface area (Å²) < 4.78 is 0. The van der Waals surface area contributed by atoms with E-state index in [1.165, 1.54) is 0 Å². The fourth-order valence-corrected chi connectivity index (χ4v) is 2.93. The Morgan fingerprint density at radius 1 is 0.969 bits per heavy atom. The van der Waals surface area contributed by atoms with Gasteiger partial charge in [0.1, 0.15) is 18.1 Å². The van der Waals surface area contributed by atoms with Crippen molar-refractivity contribution in [3.05, 3.63) is 0 Å². The van der Waals surface area contributed by atoms with Gasteiger partial charge in [-0.05, 0) is 31.1 Å². The molecule has 0 saturated heterocycles. The molecule has 0 aromatic carbocycles. The molecular weight excluding hydrogens is 418 g/mol. The van der Waals surface area contributed by atoms with Crippen LogP contribution in [0.15, 0.2) is 4.99 Å². The molecule has 4 atom stereocenters. The monoisotopic (exact) mass is 457 g/mol. The molecule has 10 N–H and O–H groups in total. The summed E-state index contributed by atoms with van der Waals surface area (Å²) in [7, 11) is 0. The van der Waals surface area contributed by atoms with Crippen molar-refractivity contribution in [2.24, 2.45) is 34.0 Å². The zero-order valence-electron chi connectivity index (χ0n) is 19.4. The average Bonchev–Trinajstić information content (AvgIpc) is 2.71. The van der Waals surface area contributed by atoms with Crippen molar-refractivity contribution >= 4 is 29.7 Å². The number of nitrogens with zero attached hydrogens (tertiary/aromatic N) is 1. The van der Waals surface area contributed by atoms with Crippen LogP contribution in [0.2, 0.25) is 0 Å². The van der Waals surface area contributed by atoms with Crippen molar-refractivity contribution in [3.8, 4) is 0 Å². The highest BCUT2D eigenvalue weighted by molar-refractivity contribution is 5.93. The Labute approximate surface area is 189 Å². The van der Waals surface area contributed by atoms with E-state index in [4.69, 9.17) is 17.2 Å². The van der Waals surface area contributed by atoms with Crippen molar-refractivity contribution in [1.82, 2.24) is 16.0 Å². The molecule has 0 aliphatic rings. The fraction of sp³-hybridized carbons (Fsp3) is 0.750. The number of aliphatic imine (C=N–C) groups is 1. The van der Waals surface area contributed by atoms with Crippen LogP contribution in [-0.4, -0.2) is 66.0 Å². The lowest BCUT2D eigenvalue weighted by atomic mass is 9.96. The van der Waals surface area contributed by atoms with Gasteiger partial charge in [-0.15, -0.1) is 0 Å². The molecule has 0 heterocycles. The first-order chi connectivity index (χ1) is 14.9. The summed E-state index contributed by atoms with van der Waals surface area (Å²) in [5, 5.41) is 17.2. The van der Waals surface area contributed by atoms with Gasteiger partial charge < -0.3 is 38.3 Å². The highest BCUT2D eigenvalue weighted by Gasteiger charge is 2.32. The number of amides is 3. The second-order valence-electron chi connectivity index (χ2n) is 8.17. The molecule has 0 fully saturated rings. The molecule has 32 heavy (non-hydrogen) atoms. The van der Waals surface area contributed by atoms with E-state index in [2.05, 4.69) is 20.9 Å². The van der Waals surface area contributed by atoms with E-state index in [1.54, 1.807) is 6.92 Å². The number of aliphatic carboxylic acids is 1. The molecule has 0 bridgehead atoms. The van der Waals surface area contributed by atoms with Crippen LogP contribution in [0, 0.1) is 11.8 Å². The molecule has 3 amide bonds. The Balaban J connectivity index is 5.36. The van der Waals surface area contributed by atoms with Gasteiger partial charge in [0.2, 0.25) is 17.7 Å². The third-order valence-corrected chi connectivity index (χ3v) is 4.90. The van der Waals surface area contributed by atoms with E-state index in [1.807, 2.05) is 20.8 Å². The first-order valence-corrected chi connectivity index (χ1v) is 10.8. The van der Waals surface area contributed by atoms with Gasteiger partial charge in [0.05, 0.1) is 6.54 Å². The number of nitrogens with one attached hydrogen (secondary N) is 3. The van der Waals surface area contributed by atoms with Gasteiger partial charge in [-0.1, -0.05) is 34.1 Å². The molecule has 12 heteroatoms. The topological polar surface area (TPSA) is 215 Å². The Morgan fingerprint density at radius 2 is 1.59 bits per heavy atom. The Hall–Kier alpha value is -2.89. The number of guanidine groups is 1. The van der Waals surface area contributed by atoms with Crippen LogP contribution in [0.1, 0.15) is 53.4 Å². The average molecular weight is 458 g/mol. The Bertz CT molecular complexity index is 665. The molecule has 184 valence electrons. The molecule has 0 spiro atoms. The maximum Gasteiger partial charge on any atom is 0.326 e. The Kier molecular flexibility index (Phi) is 13.6. The van der Waals surface area contributed by atoms with Gasteiger partial charge in [0, 0.05) is 6.54 Å². The number of nitrogens with two attached hydrogens (primary N) is 3. The van der Waals surface area contributed by atoms with Crippen LogP contribution in [0.3, 0.4) is 0 Å². The maximum atomic E-state index is 12.9. The second-order valence-corrected chi connectivity index (χ2v) is 8.17. The predicted octanol–water partition coefficient (Wildman–Crippen LogP) is -1.37. The summed E-state index contributed by atoms with van der Waals surface area (Å²) in [6, 6.07) is -3.00. The zero-order chi connectivity index (χ0) is 24.8. The Morgan fingerprint density at radius 3 is 2.06 bits per heavy atom. The molecule has 0 saturated carbocycles. The summed E-state index contributed by atoms with van der Waals surface area (Å²) in [6.45, 7) is 7.38. The van der Waals surface area contributed by atoms with Crippen molar-refractivity contribution in [1.29, 1.82) is 0 Å². The first-order valence-electron chi connectivity index (χ1n) is 10.8. The number of carbonyl (C=O) groups is 4. The van der Waals surface area contributed by atoms with E-state index >= 15 is 0 Å². The lowest BCUT2D eigenvalue weighted by molar-refractivity contribution is -0.142. The molecule has 12 nitrogen and oxygen atoms in total. The van der Waals surface area contributed by atoms with E-state index in [-0.39, 0.29) is 37.3 Å². The predicted molar refractivity (Wildman–Crippen MR) is 121 cm³/mol. The second kappa shape index (κ2) is 15.0. The zero-order valence-corrected chi connectivity index (χ0v) is 19.4. The van der Waals surface area contributed by atoms with Gasteiger partial charge in [-0.2, -0.15) is 0 Å². The molecular formula is C20H39N7O5. The molecule has 0 rings (SSSR count).